The maximum Gasteiger partial charge on any atom is 0.508 e. The van der Waals surface area contributed by atoms with Crippen LogP contribution in [0.25, 0.3) is 0 Å². The molecule has 0 bridgehead atoms. The summed E-state index contributed by atoms with van der Waals surface area (Å²) < 4.78 is 8.93. The minimum absolute atomic E-state index is 0. The molecule has 0 aromatic rings. The van der Waals surface area contributed by atoms with Crippen LogP contribution in [-0.2, 0) is 9.47 Å². The van der Waals surface area contributed by atoms with E-state index in [1.54, 1.807) is 0 Å². The summed E-state index contributed by atoms with van der Waals surface area (Å²) in [5, 5.41) is 0. The van der Waals surface area contributed by atoms with Gasteiger partial charge in [0.2, 0.25) is 0 Å². The third-order valence-corrected chi connectivity index (χ3v) is 0.638. The molecule has 0 amide bonds. The SMILES string of the molecule is C=CCOC(=O)OCC=C.Cl. The molecular weight excluding hydrogens is 168 g/mol. The van der Waals surface area contributed by atoms with Gasteiger partial charge in [-0.2, -0.15) is 0 Å². The lowest BCUT2D eigenvalue weighted by Crippen LogP contribution is -2.06. The summed E-state index contributed by atoms with van der Waals surface area (Å²) in [5.41, 5.74) is 0. The van der Waals surface area contributed by atoms with E-state index in [0.29, 0.717) is 0 Å². The fraction of sp³-hybridized carbons (Fsp3) is 0.286. The largest absolute Gasteiger partial charge is 0.508 e. The van der Waals surface area contributed by atoms with Crippen LogP contribution in [0.1, 0.15) is 0 Å². The van der Waals surface area contributed by atoms with Crippen molar-refractivity contribution in [3.8, 4) is 0 Å². The van der Waals surface area contributed by atoms with E-state index in [1.165, 1.54) is 12.2 Å². The minimum atomic E-state index is -0.695. The van der Waals surface area contributed by atoms with Crippen molar-refractivity contribution in [2.45, 2.75) is 0 Å². The molecule has 0 rings (SSSR count). The van der Waals surface area contributed by atoms with Crippen molar-refractivity contribution < 1.29 is 14.3 Å². The van der Waals surface area contributed by atoms with Gasteiger partial charge in [0.05, 0.1) is 0 Å². The van der Waals surface area contributed by atoms with Gasteiger partial charge in [0.1, 0.15) is 13.2 Å². The van der Waals surface area contributed by atoms with Crippen molar-refractivity contribution in [1.29, 1.82) is 0 Å². The van der Waals surface area contributed by atoms with Gasteiger partial charge in [-0.1, -0.05) is 25.3 Å². The molecule has 4 heteroatoms. The summed E-state index contributed by atoms with van der Waals surface area (Å²) in [6, 6.07) is 0. The minimum Gasteiger partial charge on any atom is -0.430 e. The zero-order chi connectivity index (χ0) is 7.82. The van der Waals surface area contributed by atoms with E-state index in [4.69, 9.17) is 0 Å². The Balaban J connectivity index is 0. The Morgan fingerprint density at radius 3 is 1.82 bits per heavy atom. The van der Waals surface area contributed by atoms with E-state index in [-0.39, 0.29) is 25.6 Å². The molecule has 0 saturated carbocycles. The number of rotatable bonds is 4. The van der Waals surface area contributed by atoms with Crippen LogP contribution in [0.15, 0.2) is 25.3 Å². The lowest BCUT2D eigenvalue weighted by atomic mass is 10.7. The molecule has 0 aliphatic carbocycles. The molecule has 0 fully saturated rings. The van der Waals surface area contributed by atoms with E-state index >= 15 is 0 Å². The topological polar surface area (TPSA) is 35.5 Å². The van der Waals surface area contributed by atoms with Gasteiger partial charge < -0.3 is 9.47 Å². The monoisotopic (exact) mass is 178 g/mol. The Hall–Kier alpha value is -0.960. The summed E-state index contributed by atoms with van der Waals surface area (Å²) in [5.74, 6) is 0. The third kappa shape index (κ3) is 9.04. The van der Waals surface area contributed by atoms with Gasteiger partial charge in [0.25, 0.3) is 0 Å². The van der Waals surface area contributed by atoms with Crippen molar-refractivity contribution in [3.63, 3.8) is 0 Å². The first-order chi connectivity index (χ1) is 4.81. The molecule has 0 N–H and O–H groups in total. The molecule has 0 saturated heterocycles. The quantitative estimate of drug-likeness (QED) is 0.488. The van der Waals surface area contributed by atoms with Gasteiger partial charge in [-0.05, 0) is 0 Å². The van der Waals surface area contributed by atoms with Gasteiger partial charge in [0, 0.05) is 0 Å². The molecule has 0 aliphatic heterocycles. The first-order valence-corrected chi connectivity index (χ1v) is 2.82. The van der Waals surface area contributed by atoms with Crippen LogP contribution in [0.2, 0.25) is 0 Å². The summed E-state index contributed by atoms with van der Waals surface area (Å²) in [6.07, 6.45) is 2.24. The molecule has 0 atom stereocenters. The number of hydrogen-bond donors (Lipinski definition) is 0. The second-order valence-corrected chi connectivity index (χ2v) is 1.45. The molecule has 64 valence electrons. The molecule has 0 heterocycles. The van der Waals surface area contributed by atoms with Crippen molar-refractivity contribution in [2.75, 3.05) is 13.2 Å². The van der Waals surface area contributed by atoms with Crippen LogP contribution >= 0.6 is 12.4 Å². The predicted octanol–water partition coefficient (Wildman–Crippen LogP) is 1.93. The number of hydrogen-bond acceptors (Lipinski definition) is 3. The predicted molar refractivity (Wildman–Crippen MR) is 44.9 cm³/mol. The summed E-state index contributed by atoms with van der Waals surface area (Å²) in [4.78, 5) is 10.4. The van der Waals surface area contributed by atoms with E-state index < -0.39 is 6.16 Å². The first-order valence-electron chi connectivity index (χ1n) is 2.82. The summed E-state index contributed by atoms with van der Waals surface area (Å²) in [7, 11) is 0. The number of carbonyl (C=O) groups excluding carboxylic acids is 1. The number of halogens is 1. The fourth-order valence-electron chi connectivity index (χ4n) is 0.296. The summed E-state index contributed by atoms with van der Waals surface area (Å²) >= 11 is 0. The van der Waals surface area contributed by atoms with Crippen molar-refractivity contribution in [2.24, 2.45) is 0 Å². The second-order valence-electron chi connectivity index (χ2n) is 1.45. The lowest BCUT2D eigenvalue weighted by Gasteiger charge is -1.99. The molecular formula is C7H11ClO3. The van der Waals surface area contributed by atoms with Crippen LogP contribution in [0.3, 0.4) is 0 Å². The second kappa shape index (κ2) is 9.04. The van der Waals surface area contributed by atoms with E-state index in [1.807, 2.05) is 0 Å². The standard InChI is InChI=1S/C7H10O3.ClH/c1-3-5-9-7(8)10-6-4-2;/h3-4H,1-2,5-6H2;1H. The van der Waals surface area contributed by atoms with Gasteiger partial charge >= 0.3 is 6.16 Å². The molecule has 0 aliphatic rings. The first kappa shape index (κ1) is 12.7. The Labute approximate surface area is 72.1 Å². The van der Waals surface area contributed by atoms with Crippen molar-refractivity contribution >= 4 is 18.6 Å². The van der Waals surface area contributed by atoms with Crippen LogP contribution in [0, 0.1) is 0 Å². The van der Waals surface area contributed by atoms with Gasteiger partial charge in [-0.25, -0.2) is 4.79 Å². The molecule has 0 aromatic heterocycles. The highest BCUT2D eigenvalue weighted by Crippen LogP contribution is 1.84. The fourth-order valence-corrected chi connectivity index (χ4v) is 0.296. The van der Waals surface area contributed by atoms with E-state index in [2.05, 4.69) is 22.6 Å². The Kier molecular flexibility index (Phi) is 10.4. The maximum atomic E-state index is 10.4. The molecule has 0 aromatic carbocycles. The number of carbonyl (C=O) groups is 1. The van der Waals surface area contributed by atoms with Gasteiger partial charge in [-0.3, -0.25) is 0 Å². The lowest BCUT2D eigenvalue weighted by molar-refractivity contribution is 0.0718. The average Bonchev–Trinajstić information content (AvgIpc) is 1.97. The zero-order valence-electron chi connectivity index (χ0n) is 6.12. The van der Waals surface area contributed by atoms with E-state index in [9.17, 15) is 4.79 Å². The van der Waals surface area contributed by atoms with Crippen molar-refractivity contribution in [3.05, 3.63) is 25.3 Å². The number of ether oxygens (including phenoxy) is 2. The summed E-state index contributed by atoms with van der Waals surface area (Å²) in [6.45, 7) is 7.07. The molecule has 3 nitrogen and oxygen atoms in total. The molecule has 11 heavy (non-hydrogen) atoms. The normalized spacial score (nSPS) is 7.27. The van der Waals surface area contributed by atoms with Crippen LogP contribution in [0.4, 0.5) is 4.79 Å². The smallest absolute Gasteiger partial charge is 0.430 e. The maximum absolute atomic E-state index is 10.4. The highest BCUT2D eigenvalue weighted by Gasteiger charge is 1.97. The Morgan fingerprint density at radius 1 is 1.18 bits per heavy atom. The third-order valence-electron chi connectivity index (χ3n) is 0.638. The zero-order valence-corrected chi connectivity index (χ0v) is 6.93. The molecule has 0 radical (unpaired) electrons. The van der Waals surface area contributed by atoms with Gasteiger partial charge in [-0.15, -0.1) is 12.4 Å². The molecule has 0 unspecified atom stereocenters. The van der Waals surface area contributed by atoms with Crippen LogP contribution in [0.5, 0.6) is 0 Å². The Bertz CT molecular complexity index is 120. The van der Waals surface area contributed by atoms with Crippen LogP contribution in [-0.4, -0.2) is 19.4 Å². The van der Waals surface area contributed by atoms with Gasteiger partial charge in [0.15, 0.2) is 0 Å². The molecule has 0 spiro atoms. The van der Waals surface area contributed by atoms with Crippen molar-refractivity contribution in [1.82, 2.24) is 0 Å². The average molecular weight is 179 g/mol. The highest BCUT2D eigenvalue weighted by molar-refractivity contribution is 5.85. The Morgan fingerprint density at radius 2 is 1.55 bits per heavy atom. The van der Waals surface area contributed by atoms with Crippen LogP contribution < -0.4 is 0 Å². The van der Waals surface area contributed by atoms with E-state index in [0.717, 1.165) is 0 Å². The highest BCUT2D eigenvalue weighted by atomic mass is 35.5.